The molecule has 0 aromatic heterocycles. The molecule has 0 saturated heterocycles. The van der Waals surface area contributed by atoms with Crippen LogP contribution in [0, 0.1) is 0 Å². The van der Waals surface area contributed by atoms with Gasteiger partial charge in [-0.25, -0.2) is 0 Å². The molecule has 0 aliphatic rings. The summed E-state index contributed by atoms with van der Waals surface area (Å²) in [6.45, 7) is -0.903. The number of amides is 2. The maximum atomic E-state index is 12.2. The smallest absolute Gasteiger partial charge is 0.325 e. The SMILES string of the molecule is CO[SiH2]CCCCCCCCCCC(=O)N(CC(=O)OC)CC(=O)OC.CO[SiH2]CCCCCCCCCCC(=O)N(CC(=O)OC)CC(=O)OC.[SiH4]. The van der Waals surface area contributed by atoms with Gasteiger partial charge in [0.05, 0.1) is 28.4 Å². The van der Waals surface area contributed by atoms with E-state index in [0.29, 0.717) is 12.8 Å². The van der Waals surface area contributed by atoms with E-state index in [1.165, 1.54) is 115 Å². The second-order valence-electron chi connectivity index (χ2n) is 12.7. The lowest BCUT2D eigenvalue weighted by atomic mass is 10.1. The highest BCUT2D eigenvalue weighted by atomic mass is 28.2. The minimum atomic E-state index is -0.546. The van der Waals surface area contributed by atoms with Crippen molar-refractivity contribution in [1.29, 1.82) is 0 Å². The molecule has 0 aromatic carbocycles. The first-order valence-corrected chi connectivity index (χ1v) is 22.1. The molecule has 0 aliphatic carbocycles. The van der Waals surface area contributed by atoms with Crippen molar-refractivity contribution in [2.24, 2.45) is 0 Å². The van der Waals surface area contributed by atoms with Crippen molar-refractivity contribution >= 4 is 66.2 Å². The van der Waals surface area contributed by atoms with Crippen molar-refractivity contribution in [3.05, 3.63) is 0 Å². The van der Waals surface area contributed by atoms with Crippen LogP contribution in [0.3, 0.4) is 0 Å². The molecule has 2 amide bonds. The number of carbonyl (C=O) groups excluding carboxylic acids is 6. The fourth-order valence-electron chi connectivity index (χ4n) is 5.18. The summed E-state index contributed by atoms with van der Waals surface area (Å²) in [5.41, 5.74) is 0. The Labute approximate surface area is 328 Å². The number of nitrogens with zero attached hydrogens (tertiary/aromatic N) is 2. The molecule has 0 N–H and O–H groups in total. The predicted octanol–water partition coefficient (Wildman–Crippen LogP) is 2.19. The van der Waals surface area contributed by atoms with E-state index in [2.05, 4.69) is 18.9 Å². The van der Waals surface area contributed by atoms with Crippen molar-refractivity contribution < 1.29 is 56.6 Å². The number of esters is 4. The lowest BCUT2D eigenvalue weighted by molar-refractivity contribution is -0.152. The summed E-state index contributed by atoms with van der Waals surface area (Å²) in [7, 11) is 8.09. The molecule has 0 radical (unpaired) electrons. The van der Waals surface area contributed by atoms with Gasteiger partial charge in [-0.1, -0.05) is 89.9 Å². The third-order valence-electron chi connectivity index (χ3n) is 8.37. The van der Waals surface area contributed by atoms with Crippen LogP contribution in [0.5, 0.6) is 0 Å². The van der Waals surface area contributed by atoms with Gasteiger partial charge in [-0.05, 0) is 35.9 Å². The Morgan fingerprint density at radius 3 is 0.830 bits per heavy atom. The van der Waals surface area contributed by atoms with Gasteiger partial charge in [-0.15, -0.1) is 0 Å². The van der Waals surface area contributed by atoms with Crippen LogP contribution in [0.25, 0.3) is 0 Å². The lowest BCUT2D eigenvalue weighted by Crippen LogP contribution is -2.40. The van der Waals surface area contributed by atoms with E-state index >= 15 is 0 Å². The van der Waals surface area contributed by atoms with Gasteiger partial charge in [0.2, 0.25) is 11.8 Å². The van der Waals surface area contributed by atoms with Crippen molar-refractivity contribution in [1.82, 2.24) is 9.80 Å². The topological polar surface area (TPSA) is 164 Å². The molecule has 0 rings (SSSR count). The molecule has 0 bridgehead atoms. The molecule has 0 fully saturated rings. The summed E-state index contributed by atoms with van der Waals surface area (Å²) in [5.74, 6) is -2.62. The van der Waals surface area contributed by atoms with Gasteiger partial charge >= 0.3 is 23.9 Å². The van der Waals surface area contributed by atoms with Crippen LogP contribution in [0.15, 0.2) is 0 Å². The summed E-state index contributed by atoms with van der Waals surface area (Å²) in [5, 5.41) is 0. The van der Waals surface area contributed by atoms with Crippen molar-refractivity contribution in [3.8, 4) is 0 Å². The van der Waals surface area contributed by atoms with Crippen LogP contribution in [0.4, 0.5) is 0 Å². The van der Waals surface area contributed by atoms with Gasteiger partial charge in [-0.2, -0.15) is 0 Å². The van der Waals surface area contributed by atoms with Gasteiger partial charge in [-0.3, -0.25) is 28.8 Å². The summed E-state index contributed by atoms with van der Waals surface area (Å²) in [6, 6.07) is 2.54. The minimum absolute atomic E-state index is 0. The number of hydrogen-bond donors (Lipinski definition) is 0. The molecule has 0 atom stereocenters. The second-order valence-corrected chi connectivity index (χ2v) is 16.0. The third-order valence-corrected chi connectivity index (χ3v) is 10.8. The Morgan fingerprint density at radius 2 is 0.604 bits per heavy atom. The number of carbonyl (C=O) groups is 6. The van der Waals surface area contributed by atoms with E-state index in [0.717, 1.165) is 38.5 Å². The Bertz CT molecular complexity index is 853. The maximum Gasteiger partial charge on any atom is 0.325 e. The summed E-state index contributed by atoms with van der Waals surface area (Å²) >= 11 is 0. The first-order chi connectivity index (χ1) is 25.1. The van der Waals surface area contributed by atoms with Crippen molar-refractivity contribution in [3.63, 3.8) is 0 Å². The van der Waals surface area contributed by atoms with Gasteiger partial charge in [0.1, 0.15) is 26.2 Å². The van der Waals surface area contributed by atoms with Gasteiger partial charge in [0, 0.05) is 27.1 Å². The number of unbranched alkanes of at least 4 members (excludes halogenated alkanes) is 14. The van der Waals surface area contributed by atoms with Crippen LogP contribution in [-0.2, 0) is 56.6 Å². The number of ether oxygens (including phenoxy) is 4. The highest BCUT2D eigenvalue weighted by Crippen LogP contribution is 2.13. The molecule has 0 heterocycles. The first kappa shape index (κ1) is 54.7. The predicted molar refractivity (Wildman–Crippen MR) is 216 cm³/mol. The van der Waals surface area contributed by atoms with Crippen LogP contribution in [0.1, 0.15) is 116 Å². The van der Waals surface area contributed by atoms with Crippen molar-refractivity contribution in [2.45, 2.75) is 128 Å². The molecule has 312 valence electrons. The summed E-state index contributed by atoms with van der Waals surface area (Å²) < 4.78 is 28.6. The zero-order chi connectivity index (χ0) is 39.2. The second kappa shape index (κ2) is 40.6. The fraction of sp³-hybridized carbons (Fsp3) is 0.833. The fourth-order valence-corrected chi connectivity index (χ4v) is 6.88. The maximum absolute atomic E-state index is 12.2. The van der Waals surface area contributed by atoms with Crippen LogP contribution in [0.2, 0.25) is 12.1 Å². The molecule has 17 heteroatoms. The Morgan fingerprint density at radius 1 is 0.377 bits per heavy atom. The minimum Gasteiger partial charge on any atom is -0.468 e. The number of methoxy groups -OCH3 is 4. The third kappa shape index (κ3) is 36.2. The Balaban J connectivity index is -0.000000926. The molecular weight excluding hydrogens is 737 g/mol. The van der Waals surface area contributed by atoms with E-state index in [4.69, 9.17) is 8.85 Å². The average Bonchev–Trinajstić information content (AvgIpc) is 3.15. The van der Waals surface area contributed by atoms with Crippen LogP contribution in [-0.4, -0.2) is 145 Å². The molecule has 0 aliphatic heterocycles. The van der Waals surface area contributed by atoms with Gasteiger partial charge in [0.25, 0.3) is 0 Å². The van der Waals surface area contributed by atoms with Crippen molar-refractivity contribution in [2.75, 3.05) is 68.8 Å². The molecule has 0 aromatic rings. The van der Waals surface area contributed by atoms with E-state index < -0.39 is 23.9 Å². The zero-order valence-corrected chi connectivity index (χ0v) is 36.0. The summed E-state index contributed by atoms with van der Waals surface area (Å²) in [4.78, 5) is 72.3. The number of rotatable bonds is 32. The molecule has 0 saturated carbocycles. The zero-order valence-electron chi connectivity index (χ0n) is 33.2. The van der Waals surface area contributed by atoms with E-state index in [1.807, 2.05) is 0 Å². The van der Waals surface area contributed by atoms with E-state index in [9.17, 15) is 28.8 Å². The Hall–Kier alpha value is -2.61. The highest BCUT2D eigenvalue weighted by Gasteiger charge is 2.21. The lowest BCUT2D eigenvalue weighted by Gasteiger charge is -2.20. The number of hydrogen-bond acceptors (Lipinski definition) is 12. The van der Waals surface area contributed by atoms with E-state index in [1.54, 1.807) is 14.2 Å². The molecule has 0 spiro atoms. The molecular formula is C36H74N2O12Si3. The first-order valence-electron chi connectivity index (χ1n) is 18.9. The van der Waals surface area contributed by atoms with Crippen LogP contribution < -0.4 is 0 Å². The molecule has 14 nitrogen and oxygen atoms in total. The Kier molecular flexibility index (Phi) is 41.9. The standard InChI is InChI=1S/2C18H35NO6Si.H4Si/c2*1-23-17(21)14-19(15-18(22)24-2)16(20)12-10-8-6-4-5-7-9-11-13-26-25-3;/h2*4-15,26H2,1-3H3;1H4. The van der Waals surface area contributed by atoms with Gasteiger partial charge in [0.15, 0.2) is 19.5 Å². The summed E-state index contributed by atoms with van der Waals surface area (Å²) in [6.07, 6.45) is 18.9. The average molecular weight is 811 g/mol. The monoisotopic (exact) mass is 810 g/mol. The van der Waals surface area contributed by atoms with Crippen LogP contribution >= 0.6 is 0 Å². The molecule has 0 unspecified atom stereocenters. The molecule has 53 heavy (non-hydrogen) atoms. The highest BCUT2D eigenvalue weighted by molar-refractivity contribution is 6.27. The van der Waals surface area contributed by atoms with Gasteiger partial charge < -0.3 is 37.6 Å². The normalized spacial score (nSPS) is 10.7. The quantitative estimate of drug-likeness (QED) is 0.0422. The van der Waals surface area contributed by atoms with E-state index in [-0.39, 0.29) is 68.5 Å². The largest absolute Gasteiger partial charge is 0.468 e.